The topological polar surface area (TPSA) is 95.6 Å². The maximum Gasteiger partial charge on any atom is 0.189 e. The molecular formula is C13H12N6. The summed E-state index contributed by atoms with van der Waals surface area (Å²) >= 11 is 0. The van der Waals surface area contributed by atoms with Gasteiger partial charge in [-0.25, -0.2) is 0 Å². The second kappa shape index (κ2) is 4.41. The Kier molecular flexibility index (Phi) is 2.60. The molecule has 1 heterocycles. The lowest BCUT2D eigenvalue weighted by Gasteiger charge is -2.07. The van der Waals surface area contributed by atoms with E-state index < -0.39 is 0 Å². The molecule has 1 aromatic heterocycles. The zero-order chi connectivity index (χ0) is 13.2. The van der Waals surface area contributed by atoms with Gasteiger partial charge in [-0.1, -0.05) is 18.2 Å². The van der Waals surface area contributed by atoms with Crippen molar-refractivity contribution in [3.63, 3.8) is 0 Å². The van der Waals surface area contributed by atoms with Crippen molar-refractivity contribution in [2.45, 2.75) is 0 Å². The minimum absolute atomic E-state index is 0.587. The van der Waals surface area contributed by atoms with Crippen molar-refractivity contribution in [3.8, 4) is 17.1 Å². The molecule has 0 bridgehead atoms. The average Bonchev–Trinajstić information content (AvgIpc) is 2.88. The molecule has 2 aromatic carbocycles. The normalized spacial score (nSPS) is 10.5. The highest BCUT2D eigenvalue weighted by Gasteiger charge is 2.12. The fourth-order valence-electron chi connectivity index (χ4n) is 1.89. The van der Waals surface area contributed by atoms with Crippen LogP contribution in [0.2, 0.25) is 0 Å². The van der Waals surface area contributed by atoms with Crippen molar-refractivity contribution in [3.05, 3.63) is 48.5 Å². The summed E-state index contributed by atoms with van der Waals surface area (Å²) in [5, 5.41) is 11.7. The van der Waals surface area contributed by atoms with Crippen LogP contribution in [0, 0.1) is 0 Å². The second-order valence-electron chi connectivity index (χ2n) is 4.10. The number of para-hydroxylation sites is 1. The monoisotopic (exact) mass is 252 g/mol. The molecule has 0 saturated heterocycles. The van der Waals surface area contributed by atoms with Gasteiger partial charge in [0.2, 0.25) is 0 Å². The maximum atomic E-state index is 5.96. The van der Waals surface area contributed by atoms with E-state index in [0.29, 0.717) is 17.2 Å². The number of tetrazole rings is 1. The van der Waals surface area contributed by atoms with Crippen LogP contribution in [0.25, 0.3) is 17.1 Å². The van der Waals surface area contributed by atoms with Crippen molar-refractivity contribution >= 4 is 11.4 Å². The van der Waals surface area contributed by atoms with E-state index in [9.17, 15) is 0 Å². The summed E-state index contributed by atoms with van der Waals surface area (Å²) < 4.78 is 1.61. The second-order valence-corrected chi connectivity index (χ2v) is 4.10. The van der Waals surface area contributed by atoms with Crippen LogP contribution in [-0.2, 0) is 0 Å². The Morgan fingerprint density at radius 2 is 1.79 bits per heavy atom. The Labute approximate surface area is 109 Å². The van der Waals surface area contributed by atoms with Crippen LogP contribution in [0.5, 0.6) is 0 Å². The highest BCUT2D eigenvalue weighted by atomic mass is 15.5. The molecule has 3 aromatic rings. The summed E-state index contributed by atoms with van der Waals surface area (Å²) in [6.07, 6.45) is 0. The van der Waals surface area contributed by atoms with E-state index >= 15 is 0 Å². The number of hydrogen-bond acceptors (Lipinski definition) is 5. The van der Waals surface area contributed by atoms with Crippen LogP contribution in [0.15, 0.2) is 48.5 Å². The maximum absolute atomic E-state index is 5.96. The molecule has 19 heavy (non-hydrogen) atoms. The first-order valence-electron chi connectivity index (χ1n) is 5.75. The minimum Gasteiger partial charge on any atom is -0.399 e. The van der Waals surface area contributed by atoms with Crippen LogP contribution >= 0.6 is 0 Å². The van der Waals surface area contributed by atoms with Gasteiger partial charge in [0.05, 0.1) is 5.69 Å². The zero-order valence-corrected chi connectivity index (χ0v) is 10.1. The van der Waals surface area contributed by atoms with E-state index in [0.717, 1.165) is 11.3 Å². The highest BCUT2D eigenvalue weighted by molar-refractivity contribution is 5.72. The summed E-state index contributed by atoms with van der Waals surface area (Å²) in [4.78, 5) is 0. The van der Waals surface area contributed by atoms with Crippen LogP contribution in [0.1, 0.15) is 0 Å². The van der Waals surface area contributed by atoms with Gasteiger partial charge in [-0.05, 0) is 40.8 Å². The molecule has 0 unspecified atom stereocenters. The largest absolute Gasteiger partial charge is 0.399 e. The Morgan fingerprint density at radius 3 is 2.58 bits per heavy atom. The predicted octanol–water partition coefficient (Wildman–Crippen LogP) is 1.49. The third kappa shape index (κ3) is 1.99. The fraction of sp³-hybridized carbons (Fsp3) is 0. The molecule has 3 rings (SSSR count). The van der Waals surface area contributed by atoms with Gasteiger partial charge in [-0.2, -0.15) is 4.68 Å². The minimum atomic E-state index is 0.587. The highest BCUT2D eigenvalue weighted by Crippen LogP contribution is 2.25. The van der Waals surface area contributed by atoms with E-state index in [1.54, 1.807) is 10.7 Å². The molecule has 0 atom stereocenters. The molecule has 6 nitrogen and oxygen atoms in total. The average molecular weight is 252 g/mol. The molecule has 6 heteroatoms. The molecule has 0 aliphatic carbocycles. The number of rotatable bonds is 2. The number of hydrogen-bond donors (Lipinski definition) is 2. The van der Waals surface area contributed by atoms with Gasteiger partial charge in [-0.15, -0.1) is 5.10 Å². The van der Waals surface area contributed by atoms with Gasteiger partial charge >= 0.3 is 0 Å². The lowest BCUT2D eigenvalue weighted by atomic mass is 10.1. The Morgan fingerprint density at radius 1 is 0.947 bits per heavy atom. The number of aromatic nitrogens is 4. The quantitative estimate of drug-likeness (QED) is 0.674. The molecule has 0 aliphatic heterocycles. The first-order chi connectivity index (χ1) is 9.25. The summed E-state index contributed by atoms with van der Waals surface area (Å²) in [7, 11) is 0. The molecule has 0 spiro atoms. The van der Waals surface area contributed by atoms with Crippen molar-refractivity contribution in [2.75, 3.05) is 11.5 Å². The van der Waals surface area contributed by atoms with Gasteiger partial charge < -0.3 is 11.5 Å². The first-order valence-corrected chi connectivity index (χ1v) is 5.75. The molecule has 0 radical (unpaired) electrons. The van der Waals surface area contributed by atoms with Crippen molar-refractivity contribution in [1.29, 1.82) is 0 Å². The Hall–Kier alpha value is -2.89. The first kappa shape index (κ1) is 11.2. The number of nitrogens with zero attached hydrogens (tertiary/aromatic N) is 4. The molecular weight excluding hydrogens is 240 g/mol. The molecule has 0 saturated carbocycles. The predicted molar refractivity (Wildman–Crippen MR) is 73.4 cm³/mol. The summed E-state index contributed by atoms with van der Waals surface area (Å²) in [5.41, 5.74) is 14.6. The van der Waals surface area contributed by atoms with Crippen LogP contribution in [-0.4, -0.2) is 20.2 Å². The van der Waals surface area contributed by atoms with Gasteiger partial charge in [0.1, 0.15) is 0 Å². The third-order valence-electron chi connectivity index (χ3n) is 2.79. The van der Waals surface area contributed by atoms with Crippen LogP contribution < -0.4 is 11.5 Å². The van der Waals surface area contributed by atoms with E-state index in [-0.39, 0.29) is 0 Å². The van der Waals surface area contributed by atoms with Crippen LogP contribution in [0.3, 0.4) is 0 Å². The lowest BCUT2D eigenvalue weighted by molar-refractivity contribution is 0.791. The standard InChI is InChI=1S/C13H12N6/c14-9-4-3-5-10(8-9)19-13(16-17-18-19)11-6-1-2-7-12(11)15/h1-8H,14-15H2. The third-order valence-corrected chi connectivity index (χ3v) is 2.79. The van der Waals surface area contributed by atoms with Gasteiger partial charge in [0.15, 0.2) is 5.82 Å². The fourth-order valence-corrected chi connectivity index (χ4v) is 1.89. The number of nitrogens with two attached hydrogens (primary N) is 2. The van der Waals surface area contributed by atoms with Crippen LogP contribution in [0.4, 0.5) is 11.4 Å². The number of benzene rings is 2. The smallest absolute Gasteiger partial charge is 0.189 e. The van der Waals surface area contributed by atoms with Crippen molar-refractivity contribution < 1.29 is 0 Å². The van der Waals surface area contributed by atoms with Crippen molar-refractivity contribution in [2.24, 2.45) is 0 Å². The molecule has 4 N–H and O–H groups in total. The van der Waals surface area contributed by atoms with E-state index in [4.69, 9.17) is 11.5 Å². The van der Waals surface area contributed by atoms with Gasteiger partial charge in [-0.3, -0.25) is 0 Å². The molecule has 0 aliphatic rings. The summed E-state index contributed by atoms with van der Waals surface area (Å²) in [6.45, 7) is 0. The molecule has 0 amide bonds. The number of nitrogen functional groups attached to an aromatic ring is 2. The zero-order valence-electron chi connectivity index (χ0n) is 10.1. The summed E-state index contributed by atoms with van der Waals surface area (Å²) in [6, 6.07) is 14.8. The van der Waals surface area contributed by atoms with Crippen molar-refractivity contribution in [1.82, 2.24) is 20.2 Å². The molecule has 0 fully saturated rings. The SMILES string of the molecule is Nc1cccc(-n2nnnc2-c2ccccc2N)c1. The van der Waals surface area contributed by atoms with E-state index in [1.165, 1.54) is 0 Å². The number of anilines is 2. The molecule has 94 valence electrons. The van der Waals surface area contributed by atoms with Gasteiger partial charge in [0.25, 0.3) is 0 Å². The Balaban J connectivity index is 2.16. The summed E-state index contributed by atoms with van der Waals surface area (Å²) in [5.74, 6) is 0.587. The van der Waals surface area contributed by atoms with E-state index in [2.05, 4.69) is 15.5 Å². The van der Waals surface area contributed by atoms with E-state index in [1.807, 2.05) is 42.5 Å². The Bertz CT molecular complexity index is 718. The lowest BCUT2D eigenvalue weighted by Crippen LogP contribution is -2.02. The van der Waals surface area contributed by atoms with Gasteiger partial charge in [0, 0.05) is 16.9 Å².